The van der Waals surface area contributed by atoms with Crippen LogP contribution in [-0.4, -0.2) is 63.3 Å². The standard InChI is InChI=1S/C31H38AsN3O2/c36-31(35-24-28-9-4-5-10-29(28)25-35)33-30-13-11-26(12-14-30)15-17-32(23-27-7-2-1-3-8-27)16-6-18-34-19-21-37-22-20-34/h1-5,7-14H,6,15-25H2,(H,33,36). The van der Waals surface area contributed by atoms with E-state index in [0.717, 1.165) is 38.4 Å². The van der Waals surface area contributed by atoms with Crippen molar-refractivity contribution in [2.75, 3.05) is 38.2 Å². The molecular formula is C31H38AsN3O2. The van der Waals surface area contributed by atoms with Crippen molar-refractivity contribution in [2.45, 2.75) is 41.6 Å². The van der Waals surface area contributed by atoms with Crippen molar-refractivity contribution < 1.29 is 9.53 Å². The van der Waals surface area contributed by atoms with Gasteiger partial charge < -0.3 is 0 Å². The Morgan fingerprint density at radius 3 is 2.19 bits per heavy atom. The molecule has 2 aliphatic rings. The van der Waals surface area contributed by atoms with Gasteiger partial charge in [0.2, 0.25) is 0 Å². The number of carbonyl (C=O) groups is 1. The Morgan fingerprint density at radius 1 is 0.811 bits per heavy atom. The predicted molar refractivity (Wildman–Crippen MR) is 152 cm³/mol. The normalized spacial score (nSPS) is 16.4. The monoisotopic (exact) mass is 559 g/mol. The summed E-state index contributed by atoms with van der Waals surface area (Å²) in [5, 5.41) is 7.08. The van der Waals surface area contributed by atoms with Crippen LogP contribution in [0.15, 0.2) is 78.9 Å². The van der Waals surface area contributed by atoms with Crippen LogP contribution >= 0.6 is 0 Å². The third-order valence-corrected chi connectivity index (χ3v) is 12.8. The molecule has 0 saturated carbocycles. The summed E-state index contributed by atoms with van der Waals surface area (Å²) < 4.78 is 5.50. The van der Waals surface area contributed by atoms with E-state index in [0.29, 0.717) is 13.1 Å². The van der Waals surface area contributed by atoms with E-state index in [4.69, 9.17) is 4.74 Å². The molecule has 37 heavy (non-hydrogen) atoms. The molecule has 194 valence electrons. The first-order valence-corrected chi connectivity index (χ1v) is 17.5. The van der Waals surface area contributed by atoms with Crippen molar-refractivity contribution >= 4 is 26.4 Å². The number of nitrogens with one attached hydrogen (secondary N) is 1. The number of benzene rings is 3. The number of carbonyl (C=O) groups excluding carboxylic acids is 1. The fourth-order valence-electron chi connectivity index (χ4n) is 5.18. The van der Waals surface area contributed by atoms with Gasteiger partial charge in [-0.3, -0.25) is 0 Å². The van der Waals surface area contributed by atoms with Crippen LogP contribution < -0.4 is 5.32 Å². The molecule has 3 aromatic rings. The molecule has 2 heterocycles. The topological polar surface area (TPSA) is 44.8 Å². The van der Waals surface area contributed by atoms with Gasteiger partial charge in [-0.2, -0.15) is 0 Å². The maximum absolute atomic E-state index is 12.8. The van der Waals surface area contributed by atoms with E-state index < -0.39 is 14.7 Å². The number of morpholine rings is 1. The number of amides is 2. The number of rotatable bonds is 10. The summed E-state index contributed by atoms with van der Waals surface area (Å²) in [5.41, 5.74) is 6.22. The van der Waals surface area contributed by atoms with Crippen LogP contribution in [-0.2, 0) is 29.5 Å². The molecule has 2 aliphatic heterocycles. The molecule has 1 saturated heterocycles. The summed E-state index contributed by atoms with van der Waals surface area (Å²) in [6.45, 7) is 6.50. The van der Waals surface area contributed by atoms with Gasteiger partial charge >= 0.3 is 214 Å². The predicted octanol–water partition coefficient (Wildman–Crippen LogP) is 5.78. The molecule has 0 aliphatic carbocycles. The SMILES string of the molecule is O=C(Nc1ccc(CC[As](CCCN2CCOCC2)Cc2ccccc2)cc1)N1Cc2ccccc2C1. The third kappa shape index (κ3) is 7.70. The van der Waals surface area contributed by atoms with Crippen molar-refractivity contribution in [3.8, 4) is 0 Å². The molecule has 1 unspecified atom stereocenters. The Morgan fingerprint density at radius 2 is 1.49 bits per heavy atom. The molecule has 6 heteroatoms. The van der Waals surface area contributed by atoms with E-state index in [1.165, 1.54) is 50.8 Å². The average Bonchev–Trinajstić information content (AvgIpc) is 3.38. The Labute approximate surface area is 226 Å². The zero-order chi connectivity index (χ0) is 25.3. The van der Waals surface area contributed by atoms with Gasteiger partial charge in [-0.05, 0) is 0 Å². The van der Waals surface area contributed by atoms with Crippen molar-refractivity contribution in [1.82, 2.24) is 9.80 Å². The molecule has 1 N–H and O–H groups in total. The number of aryl methyl sites for hydroxylation is 1. The van der Waals surface area contributed by atoms with Gasteiger partial charge in [0.05, 0.1) is 0 Å². The Bertz CT molecular complexity index is 1110. The molecule has 1 atom stereocenters. The minimum absolute atomic E-state index is 0.0279. The van der Waals surface area contributed by atoms with Gasteiger partial charge in [-0.1, -0.05) is 12.1 Å². The Hall–Kier alpha value is -2.59. The molecule has 5 nitrogen and oxygen atoms in total. The van der Waals surface area contributed by atoms with Crippen LogP contribution in [0.2, 0.25) is 10.4 Å². The summed E-state index contributed by atoms with van der Waals surface area (Å²) in [6.07, 6.45) is 2.43. The van der Waals surface area contributed by atoms with Gasteiger partial charge in [0, 0.05) is 0 Å². The molecule has 0 spiro atoms. The number of ether oxygens (including phenoxy) is 1. The number of urea groups is 1. The zero-order valence-electron chi connectivity index (χ0n) is 21.6. The van der Waals surface area contributed by atoms with Crippen molar-refractivity contribution in [1.29, 1.82) is 0 Å². The van der Waals surface area contributed by atoms with E-state index in [2.05, 4.69) is 76.9 Å². The second kappa shape index (κ2) is 13.3. The molecule has 5 rings (SSSR count). The number of anilines is 1. The van der Waals surface area contributed by atoms with Gasteiger partial charge in [0.25, 0.3) is 0 Å². The van der Waals surface area contributed by atoms with Crippen LogP contribution in [0.1, 0.15) is 28.7 Å². The van der Waals surface area contributed by atoms with E-state index in [-0.39, 0.29) is 6.03 Å². The molecule has 0 aromatic heterocycles. The van der Waals surface area contributed by atoms with E-state index in [9.17, 15) is 4.79 Å². The first-order chi connectivity index (χ1) is 18.2. The van der Waals surface area contributed by atoms with Crippen molar-refractivity contribution in [3.63, 3.8) is 0 Å². The van der Waals surface area contributed by atoms with E-state index in [1.807, 2.05) is 17.0 Å². The number of fused-ring (bicyclic) bond motifs is 1. The quantitative estimate of drug-likeness (QED) is 0.321. The molecule has 1 fully saturated rings. The van der Waals surface area contributed by atoms with Crippen molar-refractivity contribution in [3.05, 3.63) is 101 Å². The Kier molecular flexibility index (Phi) is 9.34. The van der Waals surface area contributed by atoms with Gasteiger partial charge in [0.1, 0.15) is 0 Å². The number of nitrogens with zero attached hydrogens (tertiary/aromatic N) is 2. The maximum atomic E-state index is 12.8. The third-order valence-electron chi connectivity index (χ3n) is 7.35. The van der Waals surface area contributed by atoms with E-state index >= 15 is 0 Å². The molecule has 0 radical (unpaired) electrons. The van der Waals surface area contributed by atoms with E-state index in [1.54, 1.807) is 0 Å². The van der Waals surface area contributed by atoms with Crippen LogP contribution in [0.4, 0.5) is 10.5 Å². The molecule has 0 bridgehead atoms. The molecule has 3 aromatic carbocycles. The summed E-state index contributed by atoms with van der Waals surface area (Å²) in [7, 11) is 0. The van der Waals surface area contributed by atoms with Crippen LogP contribution in [0.25, 0.3) is 0 Å². The number of hydrogen-bond acceptors (Lipinski definition) is 3. The average molecular weight is 560 g/mol. The summed E-state index contributed by atoms with van der Waals surface area (Å²) in [5.74, 6) is 0. The van der Waals surface area contributed by atoms with Crippen molar-refractivity contribution in [2.24, 2.45) is 0 Å². The fraction of sp³-hybridized carbons (Fsp3) is 0.387. The first kappa shape index (κ1) is 26.0. The van der Waals surface area contributed by atoms with Crippen LogP contribution in [0.5, 0.6) is 0 Å². The number of hydrogen-bond donors (Lipinski definition) is 1. The second-order valence-electron chi connectivity index (χ2n) is 10.1. The first-order valence-electron chi connectivity index (χ1n) is 13.5. The van der Waals surface area contributed by atoms with Gasteiger partial charge in [0.15, 0.2) is 0 Å². The van der Waals surface area contributed by atoms with Gasteiger partial charge in [-0.25, -0.2) is 0 Å². The van der Waals surface area contributed by atoms with Crippen LogP contribution in [0, 0.1) is 0 Å². The fourth-order valence-corrected chi connectivity index (χ4v) is 10.3. The summed E-state index contributed by atoms with van der Waals surface area (Å²) >= 11 is -0.996. The van der Waals surface area contributed by atoms with Gasteiger partial charge in [-0.15, -0.1) is 0 Å². The summed E-state index contributed by atoms with van der Waals surface area (Å²) in [4.78, 5) is 17.2. The second-order valence-corrected chi connectivity index (χ2v) is 15.4. The molecule has 2 amide bonds. The zero-order valence-corrected chi connectivity index (χ0v) is 23.5. The molecular weight excluding hydrogens is 521 g/mol. The Balaban J connectivity index is 1.11. The summed E-state index contributed by atoms with van der Waals surface area (Å²) in [6, 6.07) is 27.8. The van der Waals surface area contributed by atoms with Crippen LogP contribution in [0.3, 0.4) is 0 Å². The minimum atomic E-state index is -0.996.